The van der Waals surface area contributed by atoms with Gasteiger partial charge in [0.2, 0.25) is 0 Å². The van der Waals surface area contributed by atoms with Gasteiger partial charge in [0.15, 0.2) is 13.0 Å². The van der Waals surface area contributed by atoms with Crippen molar-refractivity contribution in [1.82, 2.24) is 18.9 Å². The summed E-state index contributed by atoms with van der Waals surface area (Å²) in [4.78, 5) is 10.8. The summed E-state index contributed by atoms with van der Waals surface area (Å²) in [7, 11) is -2.86. The maximum atomic E-state index is 5.00. The molecule has 0 unspecified atom stereocenters. The summed E-state index contributed by atoms with van der Waals surface area (Å²) >= 11 is 1.76. The zero-order valence-corrected chi connectivity index (χ0v) is 29.8. The van der Waals surface area contributed by atoms with E-state index in [9.17, 15) is 0 Å². The van der Waals surface area contributed by atoms with E-state index in [-0.39, 0.29) is 0 Å². The van der Waals surface area contributed by atoms with Crippen molar-refractivity contribution in [3.05, 3.63) is 182 Å². The zero-order chi connectivity index (χ0) is 33.9. The van der Waals surface area contributed by atoms with E-state index in [1.54, 1.807) is 11.3 Å². The lowest BCUT2D eigenvalue weighted by atomic mass is 10.00. The van der Waals surface area contributed by atoms with E-state index in [2.05, 4.69) is 186 Å². The monoisotopic (exact) mass is 688 g/mol. The average molecular weight is 689 g/mol. The molecule has 7 aromatic carbocycles. The summed E-state index contributed by atoms with van der Waals surface area (Å²) in [5.74, 6) is 0. The highest BCUT2D eigenvalue weighted by molar-refractivity contribution is 7.24. The van der Waals surface area contributed by atoms with Gasteiger partial charge in [-0.2, -0.15) is 0 Å². The Labute approximate surface area is 300 Å². The first kappa shape index (κ1) is 29.8. The number of nitrogens with zero attached hydrogens (tertiary/aromatic N) is 4. The maximum Gasteiger partial charge on any atom is 0.195 e. The van der Waals surface area contributed by atoms with E-state index < -0.39 is 8.07 Å². The highest BCUT2D eigenvalue weighted by Gasteiger charge is 2.42. The van der Waals surface area contributed by atoms with Gasteiger partial charge in [0.25, 0.3) is 0 Å². The number of para-hydroxylation sites is 3. The number of rotatable bonds is 6. The molecule has 0 aliphatic rings. The lowest BCUT2D eigenvalue weighted by Gasteiger charge is -2.34. The van der Waals surface area contributed by atoms with Crippen LogP contribution in [0.4, 0.5) is 0 Å². The van der Waals surface area contributed by atoms with Crippen LogP contribution in [-0.2, 0) is 0 Å². The molecule has 10 aromatic rings. The summed E-state index contributed by atoms with van der Waals surface area (Å²) in [5, 5.41) is 5.39. The Hall–Kier alpha value is -6.08. The zero-order valence-electron chi connectivity index (χ0n) is 27.9. The minimum atomic E-state index is -2.86. The number of thiazole rings is 1. The lowest BCUT2D eigenvalue weighted by molar-refractivity contribution is 1.09. The molecular formula is C45H32N4SSi. The predicted molar refractivity (Wildman–Crippen MR) is 216 cm³/mol. The van der Waals surface area contributed by atoms with Gasteiger partial charge in [-0.05, 0) is 92.9 Å². The molecule has 0 aliphatic heterocycles. The minimum Gasteiger partial charge on any atom is -0.299 e. The van der Waals surface area contributed by atoms with Crippen LogP contribution >= 0.6 is 11.3 Å². The fourth-order valence-electron chi connectivity index (χ4n) is 7.98. The van der Waals surface area contributed by atoms with E-state index in [0.29, 0.717) is 0 Å². The number of hydrogen-bond donors (Lipinski definition) is 0. The molecular weight excluding hydrogens is 657 g/mol. The van der Waals surface area contributed by atoms with Gasteiger partial charge >= 0.3 is 0 Å². The second-order valence-corrected chi connectivity index (χ2v) is 18.0. The van der Waals surface area contributed by atoms with Crippen molar-refractivity contribution in [3.8, 4) is 16.8 Å². The summed E-state index contributed by atoms with van der Waals surface area (Å²) in [6.45, 7) is 2.20. The van der Waals surface area contributed by atoms with Gasteiger partial charge in [0, 0.05) is 5.69 Å². The number of benzene rings is 7. The summed E-state index contributed by atoms with van der Waals surface area (Å²) in [5.41, 5.74) is 10.2. The minimum absolute atomic E-state index is 0.996. The predicted octanol–water partition coefficient (Wildman–Crippen LogP) is 8.39. The second kappa shape index (κ2) is 11.8. The normalized spacial score (nSPS) is 12.0. The second-order valence-electron chi connectivity index (χ2n) is 13.2. The molecule has 3 aromatic heterocycles. The summed E-state index contributed by atoms with van der Waals surface area (Å²) in [6, 6.07) is 62.3. The standard InChI is InChI=1S/C45H32N4SSi/c1-31-26-40-42(48(30-46-40)33-15-5-2-6-16-33)29-38(31)32-14-13-21-36(27-32)51(34-17-7-3-8-18-34,35-19-9-4-10-20-35)37-24-25-44-43(28-37)49-41-23-12-11-22-39(41)47-45(49)50-44/h2-30H,1H3. The first-order chi connectivity index (χ1) is 25.2. The molecule has 0 spiro atoms. The van der Waals surface area contributed by atoms with Crippen LogP contribution in [0.25, 0.3) is 54.1 Å². The van der Waals surface area contributed by atoms with Gasteiger partial charge in [-0.3, -0.25) is 8.97 Å². The van der Waals surface area contributed by atoms with Crippen LogP contribution in [-0.4, -0.2) is 27.0 Å². The molecule has 0 saturated heterocycles. The van der Waals surface area contributed by atoms with E-state index in [0.717, 1.165) is 32.7 Å². The molecule has 51 heavy (non-hydrogen) atoms. The number of imidazole rings is 2. The van der Waals surface area contributed by atoms with Crippen molar-refractivity contribution in [1.29, 1.82) is 0 Å². The van der Waals surface area contributed by atoms with Crippen molar-refractivity contribution in [2.45, 2.75) is 6.92 Å². The van der Waals surface area contributed by atoms with E-state index in [1.807, 2.05) is 6.33 Å². The first-order valence-corrected chi connectivity index (χ1v) is 20.1. The Balaban J connectivity index is 1.25. The van der Waals surface area contributed by atoms with E-state index in [1.165, 1.54) is 47.7 Å². The maximum absolute atomic E-state index is 5.00. The summed E-state index contributed by atoms with van der Waals surface area (Å²) < 4.78 is 5.77. The topological polar surface area (TPSA) is 35.1 Å². The van der Waals surface area contributed by atoms with Gasteiger partial charge in [-0.15, -0.1) is 0 Å². The van der Waals surface area contributed by atoms with Crippen LogP contribution in [0, 0.1) is 6.92 Å². The van der Waals surface area contributed by atoms with Gasteiger partial charge in [-0.1, -0.05) is 133 Å². The molecule has 0 fully saturated rings. The third kappa shape index (κ3) is 4.64. The Bertz CT molecular complexity index is 2830. The SMILES string of the molecule is Cc1cc2ncn(-c3ccccc3)c2cc1-c1cccc([Si](c2ccccc2)(c2ccccc2)c2ccc3sc4nc5ccccc5n4c3c2)c1. The van der Waals surface area contributed by atoms with Crippen molar-refractivity contribution in [2.24, 2.45) is 0 Å². The van der Waals surface area contributed by atoms with Gasteiger partial charge < -0.3 is 0 Å². The molecule has 0 amide bonds. The largest absolute Gasteiger partial charge is 0.299 e. The molecule has 0 N–H and O–H groups in total. The fraction of sp³-hybridized carbons (Fsp3) is 0.0222. The third-order valence-electron chi connectivity index (χ3n) is 10.3. The molecule has 0 bridgehead atoms. The van der Waals surface area contributed by atoms with Crippen molar-refractivity contribution in [2.75, 3.05) is 0 Å². The van der Waals surface area contributed by atoms with Crippen LogP contribution in [0.2, 0.25) is 0 Å². The van der Waals surface area contributed by atoms with E-state index >= 15 is 0 Å². The number of fused-ring (bicyclic) bond motifs is 6. The molecule has 242 valence electrons. The molecule has 10 rings (SSSR count). The van der Waals surface area contributed by atoms with Crippen LogP contribution in [0.1, 0.15) is 5.56 Å². The number of aromatic nitrogens is 4. The third-order valence-corrected chi connectivity index (χ3v) is 16.1. The van der Waals surface area contributed by atoms with Crippen LogP contribution < -0.4 is 20.7 Å². The highest BCUT2D eigenvalue weighted by Crippen LogP contribution is 2.32. The smallest absolute Gasteiger partial charge is 0.195 e. The highest BCUT2D eigenvalue weighted by atomic mass is 32.1. The lowest BCUT2D eigenvalue weighted by Crippen LogP contribution is -2.74. The average Bonchev–Trinajstić information content (AvgIpc) is 3.88. The Morgan fingerprint density at radius 3 is 1.96 bits per heavy atom. The van der Waals surface area contributed by atoms with Gasteiger partial charge in [0.1, 0.15) is 6.33 Å². The van der Waals surface area contributed by atoms with Crippen LogP contribution in [0.3, 0.4) is 0 Å². The number of aryl methyl sites for hydroxylation is 1. The molecule has 0 saturated carbocycles. The van der Waals surface area contributed by atoms with E-state index in [4.69, 9.17) is 9.97 Å². The molecule has 6 heteroatoms. The number of hydrogen-bond acceptors (Lipinski definition) is 3. The Morgan fingerprint density at radius 1 is 0.529 bits per heavy atom. The van der Waals surface area contributed by atoms with Crippen LogP contribution in [0.5, 0.6) is 0 Å². The van der Waals surface area contributed by atoms with Crippen molar-refractivity contribution >= 4 is 77.4 Å². The van der Waals surface area contributed by atoms with Gasteiger partial charge in [0.05, 0.1) is 32.3 Å². The van der Waals surface area contributed by atoms with Crippen molar-refractivity contribution in [3.63, 3.8) is 0 Å². The molecule has 0 atom stereocenters. The molecule has 3 heterocycles. The molecule has 4 nitrogen and oxygen atoms in total. The molecule has 0 radical (unpaired) electrons. The quantitative estimate of drug-likeness (QED) is 0.130. The van der Waals surface area contributed by atoms with Gasteiger partial charge in [-0.25, -0.2) is 9.97 Å². The fourth-order valence-corrected chi connectivity index (χ4v) is 13.8. The molecule has 0 aliphatic carbocycles. The first-order valence-electron chi connectivity index (χ1n) is 17.2. The summed E-state index contributed by atoms with van der Waals surface area (Å²) in [6.07, 6.45) is 1.93. The van der Waals surface area contributed by atoms with Crippen molar-refractivity contribution < 1.29 is 0 Å². The van der Waals surface area contributed by atoms with Crippen LogP contribution in [0.15, 0.2) is 176 Å². The Kier molecular flexibility index (Phi) is 6.87. The Morgan fingerprint density at radius 2 is 1.20 bits per heavy atom.